The van der Waals surface area contributed by atoms with Crippen LogP contribution in [0.15, 0.2) is 23.2 Å². The summed E-state index contributed by atoms with van der Waals surface area (Å²) in [6, 6.07) is 5.80. The van der Waals surface area contributed by atoms with E-state index in [0.717, 1.165) is 36.5 Å². The van der Waals surface area contributed by atoms with Crippen LogP contribution in [0, 0.1) is 6.92 Å². The van der Waals surface area contributed by atoms with E-state index in [2.05, 4.69) is 44.4 Å². The van der Waals surface area contributed by atoms with Crippen LogP contribution in [0.25, 0.3) is 6.58 Å². The Balaban J connectivity index is 2.23. The van der Waals surface area contributed by atoms with Gasteiger partial charge < -0.3 is 14.7 Å². The maximum Gasteiger partial charge on any atom is 0.156 e. The number of aryl methyl sites for hydroxylation is 1. The molecule has 3 rings (SSSR count). The van der Waals surface area contributed by atoms with Crippen molar-refractivity contribution in [2.24, 2.45) is 4.99 Å². The Labute approximate surface area is 142 Å². The van der Waals surface area contributed by atoms with Crippen molar-refractivity contribution in [2.45, 2.75) is 34.1 Å². The first-order valence-electron chi connectivity index (χ1n) is 8.50. The third-order valence-electron chi connectivity index (χ3n) is 4.71. The average Bonchev–Trinajstić information content (AvgIpc) is 2.59. The Bertz CT molecular complexity index is 899. The van der Waals surface area contributed by atoms with Crippen molar-refractivity contribution in [3.63, 3.8) is 0 Å². The largest absolute Gasteiger partial charge is 0.507 e. The first-order valence-corrected chi connectivity index (χ1v) is 8.50. The van der Waals surface area contributed by atoms with Crippen LogP contribution < -0.4 is 20.2 Å². The lowest BCUT2D eigenvalue weighted by molar-refractivity contribution is 0.448. The Morgan fingerprint density at radius 1 is 1.17 bits per heavy atom. The average molecular weight is 324 g/mol. The number of hydrogen-bond donors (Lipinski definition) is 1. The molecule has 4 heteroatoms. The van der Waals surface area contributed by atoms with Crippen molar-refractivity contribution in [3.8, 4) is 17.2 Å². The summed E-state index contributed by atoms with van der Waals surface area (Å²) in [5.41, 5.74) is 4.09. The molecular weight excluding hydrogens is 300 g/mol. The van der Waals surface area contributed by atoms with Gasteiger partial charge in [0.15, 0.2) is 11.5 Å². The summed E-state index contributed by atoms with van der Waals surface area (Å²) in [7, 11) is 0. The van der Waals surface area contributed by atoms with Gasteiger partial charge in [0.25, 0.3) is 0 Å². The van der Waals surface area contributed by atoms with Gasteiger partial charge in [-0.15, -0.1) is 0 Å². The van der Waals surface area contributed by atoms with Crippen LogP contribution in [-0.4, -0.2) is 18.2 Å². The molecule has 24 heavy (non-hydrogen) atoms. The van der Waals surface area contributed by atoms with Crippen LogP contribution in [0.3, 0.4) is 0 Å². The van der Waals surface area contributed by atoms with Gasteiger partial charge in [-0.25, -0.2) is 4.99 Å². The lowest BCUT2D eigenvalue weighted by Crippen LogP contribution is -2.23. The van der Waals surface area contributed by atoms with E-state index in [1.807, 2.05) is 6.92 Å². The summed E-state index contributed by atoms with van der Waals surface area (Å²) in [5, 5.41) is 11.2. The normalized spacial score (nSPS) is 12.0. The molecule has 1 aliphatic heterocycles. The molecule has 0 fully saturated rings. The van der Waals surface area contributed by atoms with Crippen LogP contribution in [0.1, 0.15) is 31.9 Å². The number of aromatic hydroxyl groups is 1. The summed E-state index contributed by atoms with van der Waals surface area (Å²) < 4.78 is 6.15. The van der Waals surface area contributed by atoms with E-state index in [1.165, 1.54) is 11.3 Å². The molecule has 0 saturated heterocycles. The molecule has 2 aromatic rings. The quantitative estimate of drug-likeness (QED) is 0.798. The predicted molar refractivity (Wildman–Crippen MR) is 98.3 cm³/mol. The topological polar surface area (TPSA) is 45.1 Å². The van der Waals surface area contributed by atoms with Gasteiger partial charge in [0, 0.05) is 41.7 Å². The maximum absolute atomic E-state index is 10.0. The molecule has 126 valence electrons. The van der Waals surface area contributed by atoms with Crippen molar-refractivity contribution < 1.29 is 9.84 Å². The lowest BCUT2D eigenvalue weighted by atomic mass is 10.1. The predicted octanol–water partition coefficient (Wildman–Crippen LogP) is 3.58. The highest BCUT2D eigenvalue weighted by Crippen LogP contribution is 2.40. The Kier molecular flexibility index (Phi) is 4.22. The van der Waals surface area contributed by atoms with Crippen LogP contribution in [0.5, 0.6) is 17.2 Å². The lowest BCUT2D eigenvalue weighted by Gasteiger charge is -2.26. The first-order chi connectivity index (χ1) is 11.5. The highest BCUT2D eigenvalue weighted by atomic mass is 16.5. The first kappa shape index (κ1) is 16.4. The molecule has 0 saturated carbocycles. The fourth-order valence-electron chi connectivity index (χ4n) is 3.17. The molecule has 0 amide bonds. The molecule has 0 spiro atoms. The SMILES string of the molecule is C=c1c(O)cc2c(c1C)Oc1cc(N(CC)CC)c(CC)cc1N=2. The molecule has 0 bridgehead atoms. The molecule has 0 aromatic heterocycles. The van der Waals surface area contributed by atoms with Crippen molar-refractivity contribution in [1.29, 1.82) is 0 Å². The zero-order valence-electron chi connectivity index (χ0n) is 14.8. The zero-order valence-corrected chi connectivity index (χ0v) is 14.8. The minimum atomic E-state index is 0.150. The number of benzene rings is 2. The van der Waals surface area contributed by atoms with Crippen LogP contribution in [-0.2, 0) is 6.42 Å². The summed E-state index contributed by atoms with van der Waals surface area (Å²) in [6.07, 6.45) is 0.934. The van der Waals surface area contributed by atoms with Crippen molar-refractivity contribution in [1.82, 2.24) is 0 Å². The maximum atomic E-state index is 10.0. The van der Waals surface area contributed by atoms with Gasteiger partial charge in [-0.3, -0.25) is 0 Å². The number of anilines is 1. The molecular formula is C20H24N2O2. The number of nitrogens with zero attached hydrogens (tertiary/aromatic N) is 2. The molecule has 0 unspecified atom stereocenters. The fraction of sp³-hybridized carbons (Fsp3) is 0.350. The Morgan fingerprint density at radius 2 is 1.88 bits per heavy atom. The number of phenols is 1. The highest BCUT2D eigenvalue weighted by Gasteiger charge is 2.20. The van der Waals surface area contributed by atoms with Gasteiger partial charge in [-0.05, 0) is 38.8 Å². The van der Waals surface area contributed by atoms with Gasteiger partial charge in [-0.1, -0.05) is 13.5 Å². The number of rotatable bonds is 4. The Morgan fingerprint density at radius 3 is 2.50 bits per heavy atom. The van der Waals surface area contributed by atoms with Gasteiger partial charge >= 0.3 is 0 Å². The third kappa shape index (κ3) is 2.52. The van der Waals surface area contributed by atoms with Crippen molar-refractivity contribution in [2.75, 3.05) is 18.0 Å². The molecule has 0 aliphatic carbocycles. The van der Waals surface area contributed by atoms with Gasteiger partial charge in [0.2, 0.25) is 0 Å². The number of ether oxygens (including phenoxy) is 1. The van der Waals surface area contributed by atoms with Crippen LogP contribution >= 0.6 is 0 Å². The monoisotopic (exact) mass is 324 g/mol. The number of phenolic OH excluding ortho intramolecular Hbond substituents is 1. The second-order valence-electron chi connectivity index (χ2n) is 6.04. The number of fused-ring (bicyclic) bond motifs is 2. The van der Waals surface area contributed by atoms with Gasteiger partial charge in [0.05, 0.1) is 0 Å². The minimum absolute atomic E-state index is 0.150. The summed E-state index contributed by atoms with van der Waals surface area (Å²) in [4.78, 5) is 7.03. The third-order valence-corrected chi connectivity index (χ3v) is 4.71. The van der Waals surface area contributed by atoms with Crippen molar-refractivity contribution in [3.05, 3.63) is 39.9 Å². The van der Waals surface area contributed by atoms with Crippen molar-refractivity contribution >= 4 is 18.0 Å². The van der Waals surface area contributed by atoms with Crippen LogP contribution in [0.4, 0.5) is 11.4 Å². The molecule has 1 aliphatic rings. The molecule has 0 radical (unpaired) electrons. The summed E-state index contributed by atoms with van der Waals surface area (Å²) >= 11 is 0. The second-order valence-corrected chi connectivity index (χ2v) is 6.04. The number of hydrogen-bond acceptors (Lipinski definition) is 4. The molecule has 2 aromatic carbocycles. The second kappa shape index (κ2) is 6.19. The highest BCUT2D eigenvalue weighted by molar-refractivity contribution is 5.69. The molecule has 0 atom stereocenters. The van der Waals surface area contributed by atoms with E-state index in [0.29, 0.717) is 16.3 Å². The van der Waals surface area contributed by atoms with Gasteiger partial charge in [-0.2, -0.15) is 0 Å². The molecule has 1 heterocycles. The molecule has 1 N–H and O–H groups in total. The van der Waals surface area contributed by atoms with Gasteiger partial charge in [0.1, 0.15) is 16.8 Å². The standard InChI is InChI=1S/C20H24N2O2/c1-6-14-9-15-19(11-17(14)22(7-2)8-3)24-20-13(5)12(4)18(23)10-16(20)21-15/h9-11,23H,4,6-8H2,1-3,5H3. The van der Waals surface area contributed by atoms with E-state index >= 15 is 0 Å². The van der Waals surface area contributed by atoms with Crippen LogP contribution in [0.2, 0.25) is 0 Å². The van der Waals surface area contributed by atoms with E-state index < -0.39 is 0 Å². The summed E-state index contributed by atoms with van der Waals surface area (Å²) in [5.74, 6) is 1.59. The van der Waals surface area contributed by atoms with E-state index in [9.17, 15) is 5.11 Å². The fourth-order valence-corrected chi connectivity index (χ4v) is 3.17. The smallest absolute Gasteiger partial charge is 0.156 e. The van der Waals surface area contributed by atoms with E-state index in [-0.39, 0.29) is 5.75 Å². The van der Waals surface area contributed by atoms with E-state index in [1.54, 1.807) is 6.07 Å². The zero-order chi connectivity index (χ0) is 17.4. The molecule has 4 nitrogen and oxygen atoms in total. The summed E-state index contributed by atoms with van der Waals surface area (Å²) in [6.45, 7) is 14.2. The minimum Gasteiger partial charge on any atom is -0.507 e. The van der Waals surface area contributed by atoms with E-state index in [4.69, 9.17) is 9.73 Å². The Hall–Kier alpha value is -2.49.